The zero-order valence-electron chi connectivity index (χ0n) is 39.6. The molecule has 4 nitrogen and oxygen atoms in total. The molecule has 0 spiro atoms. The molecule has 0 aliphatic rings. The predicted octanol–water partition coefficient (Wildman–Crippen LogP) is 18.0. The Balaban J connectivity index is 1.22. The average Bonchev–Trinajstić information content (AvgIpc) is 3.38. The van der Waals surface area contributed by atoms with Crippen LogP contribution in [0.3, 0.4) is 0 Å². The summed E-state index contributed by atoms with van der Waals surface area (Å²) in [6.07, 6.45) is 18.2. The molecule has 0 amide bonds. The summed E-state index contributed by atoms with van der Waals surface area (Å²) in [6, 6.07) is 64.4. The van der Waals surface area contributed by atoms with E-state index in [1.807, 2.05) is 0 Å². The van der Waals surface area contributed by atoms with Crippen molar-refractivity contribution in [2.75, 3.05) is 16.4 Å². The first-order valence-corrected chi connectivity index (χ1v) is 24.3. The molecule has 0 bridgehead atoms. The molecule has 0 radical (unpaired) electrons. The van der Waals surface area contributed by atoms with Crippen molar-refractivity contribution in [2.45, 2.75) is 91.8 Å². The van der Waals surface area contributed by atoms with Gasteiger partial charge < -0.3 is 19.3 Å². The number of para-hydroxylation sites is 4. The maximum absolute atomic E-state index is 6.86. The standard InChI is InChI=1S/C62H68N2O2/c1-5-9-23-49(7-3)47-66-62-46-52(39-33-50-35-41-59(42-36-50)63(55-24-15-11-16-25-55)56-26-17-12-18-27-56)54(48-65-61(8-4)32-10-6-2)45-53(62)40-34-51-37-43-60(44-38-51)64(57-28-19-13-20-29-57)58-30-21-14-22-31-58/h11-22,24-31,33-46,49,61H,5-10,23,32,47-48H2,1-4H3. The molecular formula is C62H68N2O2. The summed E-state index contributed by atoms with van der Waals surface area (Å²) in [5.41, 5.74) is 12.3. The summed E-state index contributed by atoms with van der Waals surface area (Å²) >= 11 is 0. The average molecular weight is 873 g/mol. The Labute approximate surface area is 395 Å². The summed E-state index contributed by atoms with van der Waals surface area (Å²) in [5, 5.41) is 0. The van der Waals surface area contributed by atoms with Gasteiger partial charge in [-0.15, -0.1) is 0 Å². The molecule has 0 fully saturated rings. The molecule has 2 atom stereocenters. The van der Waals surface area contributed by atoms with Crippen LogP contribution in [0, 0.1) is 5.92 Å². The van der Waals surface area contributed by atoms with Crippen LogP contribution in [0.15, 0.2) is 182 Å². The van der Waals surface area contributed by atoms with Gasteiger partial charge in [-0.05, 0) is 132 Å². The van der Waals surface area contributed by atoms with Crippen molar-refractivity contribution in [1.29, 1.82) is 0 Å². The van der Waals surface area contributed by atoms with E-state index in [2.05, 4.69) is 244 Å². The van der Waals surface area contributed by atoms with Crippen LogP contribution in [0.1, 0.15) is 107 Å². The fraction of sp³-hybridized carbons (Fsp3) is 0.258. The van der Waals surface area contributed by atoms with Gasteiger partial charge in [-0.2, -0.15) is 0 Å². The van der Waals surface area contributed by atoms with Gasteiger partial charge in [0, 0.05) is 39.7 Å². The van der Waals surface area contributed by atoms with Gasteiger partial charge in [-0.3, -0.25) is 0 Å². The molecule has 7 rings (SSSR count). The van der Waals surface area contributed by atoms with Crippen LogP contribution in [-0.4, -0.2) is 12.7 Å². The summed E-state index contributed by atoms with van der Waals surface area (Å²) in [4.78, 5) is 4.59. The maximum atomic E-state index is 6.86. The molecule has 0 aromatic heterocycles. The van der Waals surface area contributed by atoms with Crippen molar-refractivity contribution in [2.24, 2.45) is 5.92 Å². The Morgan fingerprint density at radius 1 is 0.439 bits per heavy atom. The molecule has 338 valence electrons. The van der Waals surface area contributed by atoms with E-state index in [4.69, 9.17) is 9.47 Å². The SMILES string of the molecule is CCCCC(CC)COc1cc(C=Cc2ccc(N(c3ccccc3)c3ccccc3)cc2)c(COC(CC)CCCC)cc1C=Cc1ccc(N(c2ccccc2)c2ccccc2)cc1. The highest BCUT2D eigenvalue weighted by Gasteiger charge is 2.16. The normalized spacial score (nSPS) is 12.4. The second kappa shape index (κ2) is 25.2. The third-order valence-electron chi connectivity index (χ3n) is 12.4. The smallest absolute Gasteiger partial charge is 0.127 e. The van der Waals surface area contributed by atoms with Crippen molar-refractivity contribution < 1.29 is 9.47 Å². The minimum atomic E-state index is 0.218. The first kappa shape index (κ1) is 47.3. The zero-order chi connectivity index (χ0) is 45.8. The highest BCUT2D eigenvalue weighted by Crippen LogP contribution is 2.37. The second-order valence-electron chi connectivity index (χ2n) is 17.2. The molecule has 0 aliphatic heterocycles. The number of unbranched alkanes of at least 4 members (excludes halogenated alkanes) is 2. The lowest BCUT2D eigenvalue weighted by atomic mass is 9.99. The number of anilines is 6. The van der Waals surface area contributed by atoms with E-state index in [1.165, 1.54) is 19.3 Å². The number of rotatable bonds is 24. The van der Waals surface area contributed by atoms with Gasteiger partial charge >= 0.3 is 0 Å². The summed E-state index contributed by atoms with van der Waals surface area (Å²) in [5.74, 6) is 1.40. The Bertz CT molecular complexity index is 2260. The number of ether oxygens (including phenoxy) is 2. The van der Waals surface area contributed by atoms with Gasteiger partial charge in [0.1, 0.15) is 5.75 Å². The topological polar surface area (TPSA) is 24.9 Å². The van der Waals surface area contributed by atoms with E-state index in [9.17, 15) is 0 Å². The molecule has 0 saturated heterocycles. The lowest BCUT2D eigenvalue weighted by molar-refractivity contribution is 0.0311. The summed E-state index contributed by atoms with van der Waals surface area (Å²) < 4.78 is 13.6. The maximum Gasteiger partial charge on any atom is 0.127 e. The molecular weight excluding hydrogens is 805 g/mol. The lowest BCUT2D eigenvalue weighted by Crippen LogP contribution is -2.13. The number of hydrogen-bond donors (Lipinski definition) is 0. The third-order valence-corrected chi connectivity index (χ3v) is 12.4. The van der Waals surface area contributed by atoms with E-state index in [0.717, 1.165) is 99.8 Å². The Kier molecular flexibility index (Phi) is 18.1. The minimum Gasteiger partial charge on any atom is -0.493 e. The van der Waals surface area contributed by atoms with E-state index in [0.29, 0.717) is 19.1 Å². The van der Waals surface area contributed by atoms with Crippen LogP contribution in [0.4, 0.5) is 34.1 Å². The van der Waals surface area contributed by atoms with Crippen LogP contribution in [0.5, 0.6) is 5.75 Å². The first-order valence-electron chi connectivity index (χ1n) is 24.3. The number of benzene rings is 7. The quantitative estimate of drug-likeness (QED) is 0.0565. The molecule has 0 aliphatic carbocycles. The van der Waals surface area contributed by atoms with Crippen LogP contribution < -0.4 is 14.5 Å². The summed E-state index contributed by atoms with van der Waals surface area (Å²) in [7, 11) is 0. The predicted molar refractivity (Wildman–Crippen MR) is 284 cm³/mol. The van der Waals surface area contributed by atoms with Crippen molar-refractivity contribution in [3.63, 3.8) is 0 Å². The Morgan fingerprint density at radius 3 is 1.29 bits per heavy atom. The molecule has 7 aromatic rings. The molecule has 7 aromatic carbocycles. The van der Waals surface area contributed by atoms with Gasteiger partial charge in [0.25, 0.3) is 0 Å². The van der Waals surface area contributed by atoms with Crippen molar-refractivity contribution in [1.82, 2.24) is 0 Å². The lowest BCUT2D eigenvalue weighted by Gasteiger charge is -2.25. The Morgan fingerprint density at radius 2 is 0.864 bits per heavy atom. The highest BCUT2D eigenvalue weighted by molar-refractivity contribution is 5.81. The van der Waals surface area contributed by atoms with Crippen molar-refractivity contribution >= 4 is 58.4 Å². The molecule has 2 unspecified atom stereocenters. The van der Waals surface area contributed by atoms with Gasteiger partial charge in [-0.1, -0.05) is 181 Å². The molecule has 66 heavy (non-hydrogen) atoms. The molecule has 0 saturated carbocycles. The van der Waals surface area contributed by atoms with E-state index in [1.54, 1.807) is 0 Å². The minimum absolute atomic E-state index is 0.218. The fourth-order valence-corrected chi connectivity index (χ4v) is 8.39. The molecule has 4 heteroatoms. The number of nitrogens with zero attached hydrogens (tertiary/aromatic N) is 2. The number of hydrogen-bond acceptors (Lipinski definition) is 4. The second-order valence-corrected chi connectivity index (χ2v) is 17.2. The van der Waals surface area contributed by atoms with E-state index in [-0.39, 0.29) is 6.10 Å². The van der Waals surface area contributed by atoms with Gasteiger partial charge in [0.2, 0.25) is 0 Å². The van der Waals surface area contributed by atoms with E-state index < -0.39 is 0 Å². The zero-order valence-corrected chi connectivity index (χ0v) is 39.6. The van der Waals surface area contributed by atoms with Crippen molar-refractivity contribution in [3.8, 4) is 5.75 Å². The van der Waals surface area contributed by atoms with Crippen LogP contribution >= 0.6 is 0 Å². The van der Waals surface area contributed by atoms with Gasteiger partial charge in [0.05, 0.1) is 19.3 Å². The van der Waals surface area contributed by atoms with E-state index >= 15 is 0 Å². The Hall–Kier alpha value is -6.62. The third kappa shape index (κ3) is 13.2. The molecule has 0 heterocycles. The monoisotopic (exact) mass is 873 g/mol. The fourth-order valence-electron chi connectivity index (χ4n) is 8.39. The van der Waals surface area contributed by atoms with Crippen LogP contribution in [-0.2, 0) is 11.3 Å². The van der Waals surface area contributed by atoms with Crippen LogP contribution in [0.2, 0.25) is 0 Å². The van der Waals surface area contributed by atoms with Crippen LogP contribution in [0.25, 0.3) is 24.3 Å². The van der Waals surface area contributed by atoms with Crippen molar-refractivity contribution in [3.05, 3.63) is 210 Å². The van der Waals surface area contributed by atoms with Gasteiger partial charge in [-0.25, -0.2) is 0 Å². The molecule has 0 N–H and O–H groups in total. The van der Waals surface area contributed by atoms with Gasteiger partial charge in [0.15, 0.2) is 0 Å². The largest absolute Gasteiger partial charge is 0.493 e. The summed E-state index contributed by atoms with van der Waals surface area (Å²) in [6.45, 7) is 10.3. The highest BCUT2D eigenvalue weighted by atomic mass is 16.5. The first-order chi connectivity index (χ1) is 32.6.